The largest absolute Gasteiger partial charge is 0.496 e. The van der Waals surface area contributed by atoms with Crippen LogP contribution in [0, 0.1) is 0 Å². The van der Waals surface area contributed by atoms with Crippen LogP contribution in [-0.2, 0) is 19.1 Å². The van der Waals surface area contributed by atoms with Gasteiger partial charge in [-0.1, -0.05) is 24.3 Å². The maximum Gasteiger partial charge on any atom is 0.306 e. The van der Waals surface area contributed by atoms with Gasteiger partial charge < -0.3 is 19.7 Å². The minimum atomic E-state index is -0.422. The fourth-order valence-corrected chi connectivity index (χ4v) is 4.80. The number of hydrogen-bond donors (Lipinski definition) is 1. The maximum atomic E-state index is 13.1. The Hall–Kier alpha value is -3.13. The Balaban J connectivity index is 1.75. The zero-order chi connectivity index (χ0) is 22.8. The highest BCUT2D eigenvalue weighted by Gasteiger charge is 2.36. The predicted molar refractivity (Wildman–Crippen MR) is 123 cm³/mol. The van der Waals surface area contributed by atoms with Crippen molar-refractivity contribution in [3.05, 3.63) is 63.6 Å². The summed E-state index contributed by atoms with van der Waals surface area (Å²) >= 11 is 3.52. The zero-order valence-corrected chi connectivity index (χ0v) is 19.4. The van der Waals surface area contributed by atoms with E-state index in [9.17, 15) is 14.4 Å². The molecule has 7 nitrogen and oxygen atoms in total. The minimum absolute atomic E-state index is 0.0193. The summed E-state index contributed by atoms with van der Waals surface area (Å²) in [6.45, 7) is 0.334. The second-order valence-corrected chi connectivity index (χ2v) is 8.50. The summed E-state index contributed by atoms with van der Waals surface area (Å²) in [4.78, 5) is 39.0. The van der Waals surface area contributed by atoms with E-state index in [1.54, 1.807) is 12.0 Å². The number of anilines is 1. The van der Waals surface area contributed by atoms with Gasteiger partial charge in [-0.3, -0.25) is 14.4 Å². The van der Waals surface area contributed by atoms with Crippen molar-refractivity contribution in [2.75, 3.05) is 25.7 Å². The minimum Gasteiger partial charge on any atom is -0.496 e. The monoisotopic (exact) mass is 498 g/mol. The number of benzene rings is 2. The topological polar surface area (TPSA) is 84.9 Å². The standard InChI is InChI=1S/C24H23BrN2O5/c1-31-20-8-7-14(11-18(20)25)24-17-13-27(22(29)9-10-23(30)32-2)19-6-4-3-5-15(19)16(17)12-21(28)26-24/h3-8,11,24H,9-10,12-13H2,1-2H3,(H,26,28). The third kappa shape index (κ3) is 4.14. The summed E-state index contributed by atoms with van der Waals surface area (Å²) in [5, 5.41) is 3.08. The highest BCUT2D eigenvalue weighted by atomic mass is 79.9. The molecule has 0 aromatic heterocycles. The Morgan fingerprint density at radius 1 is 1.16 bits per heavy atom. The first-order valence-corrected chi connectivity index (χ1v) is 11.0. The normalized spacial score (nSPS) is 17.3. The molecule has 2 heterocycles. The van der Waals surface area contributed by atoms with E-state index in [0.717, 1.165) is 32.4 Å². The second-order valence-electron chi connectivity index (χ2n) is 7.65. The van der Waals surface area contributed by atoms with Crippen LogP contribution in [0.2, 0.25) is 0 Å². The number of carbonyl (C=O) groups excluding carboxylic acids is 3. The molecule has 1 atom stereocenters. The molecule has 0 saturated heterocycles. The van der Waals surface area contributed by atoms with E-state index in [1.165, 1.54) is 7.11 Å². The quantitative estimate of drug-likeness (QED) is 0.634. The zero-order valence-electron chi connectivity index (χ0n) is 17.8. The average Bonchev–Trinajstić information content (AvgIpc) is 2.81. The number of para-hydroxylation sites is 1. The van der Waals surface area contributed by atoms with E-state index in [0.29, 0.717) is 12.3 Å². The smallest absolute Gasteiger partial charge is 0.306 e. The lowest BCUT2D eigenvalue weighted by Crippen LogP contribution is -2.43. The van der Waals surface area contributed by atoms with Crippen LogP contribution in [0.15, 0.2) is 52.5 Å². The molecule has 1 N–H and O–H groups in total. The summed E-state index contributed by atoms with van der Waals surface area (Å²) in [6, 6.07) is 12.9. The molecule has 0 bridgehead atoms. The molecule has 2 aliphatic rings. The second kappa shape index (κ2) is 9.16. The Kier molecular flexibility index (Phi) is 6.32. The van der Waals surface area contributed by atoms with Crippen LogP contribution in [0.5, 0.6) is 5.75 Å². The van der Waals surface area contributed by atoms with E-state index >= 15 is 0 Å². The van der Waals surface area contributed by atoms with Gasteiger partial charge in [-0.2, -0.15) is 0 Å². The van der Waals surface area contributed by atoms with Gasteiger partial charge in [0.25, 0.3) is 0 Å². The molecule has 0 spiro atoms. The highest BCUT2D eigenvalue weighted by Crippen LogP contribution is 2.44. The van der Waals surface area contributed by atoms with Gasteiger partial charge in [-0.05, 0) is 50.8 Å². The van der Waals surface area contributed by atoms with Gasteiger partial charge in [0.05, 0.1) is 43.3 Å². The molecule has 0 saturated carbocycles. The van der Waals surface area contributed by atoms with Crippen molar-refractivity contribution >= 4 is 45.0 Å². The molecule has 32 heavy (non-hydrogen) atoms. The van der Waals surface area contributed by atoms with Crippen LogP contribution in [-0.4, -0.2) is 38.5 Å². The molecule has 2 aromatic carbocycles. The van der Waals surface area contributed by atoms with Gasteiger partial charge in [-0.15, -0.1) is 0 Å². The van der Waals surface area contributed by atoms with Crippen molar-refractivity contribution < 1.29 is 23.9 Å². The van der Waals surface area contributed by atoms with E-state index in [2.05, 4.69) is 26.0 Å². The number of carbonyl (C=O) groups is 3. The van der Waals surface area contributed by atoms with Gasteiger partial charge in [0.15, 0.2) is 0 Å². The fraction of sp³-hybridized carbons (Fsp3) is 0.292. The predicted octanol–water partition coefficient (Wildman–Crippen LogP) is 3.77. The van der Waals surface area contributed by atoms with Gasteiger partial charge in [-0.25, -0.2) is 0 Å². The molecule has 8 heteroatoms. The first-order valence-electron chi connectivity index (χ1n) is 10.2. The summed E-state index contributed by atoms with van der Waals surface area (Å²) in [6.07, 6.45) is 0.324. The molecule has 1 unspecified atom stereocenters. The van der Waals surface area contributed by atoms with Gasteiger partial charge >= 0.3 is 5.97 Å². The van der Waals surface area contributed by atoms with Crippen LogP contribution < -0.4 is 15.0 Å². The van der Waals surface area contributed by atoms with Gasteiger partial charge in [0, 0.05) is 18.5 Å². The average molecular weight is 499 g/mol. The number of rotatable bonds is 5. The van der Waals surface area contributed by atoms with E-state index in [4.69, 9.17) is 4.74 Å². The van der Waals surface area contributed by atoms with Crippen LogP contribution in [0.1, 0.15) is 36.4 Å². The number of esters is 1. The Labute approximate surface area is 194 Å². The van der Waals surface area contributed by atoms with Crippen molar-refractivity contribution in [2.24, 2.45) is 0 Å². The highest BCUT2D eigenvalue weighted by molar-refractivity contribution is 9.10. The molecule has 0 fully saturated rings. The third-order valence-corrected chi connectivity index (χ3v) is 6.43. The van der Waals surface area contributed by atoms with Crippen LogP contribution >= 0.6 is 15.9 Å². The van der Waals surface area contributed by atoms with Crippen molar-refractivity contribution in [3.63, 3.8) is 0 Å². The van der Waals surface area contributed by atoms with Crippen molar-refractivity contribution in [3.8, 4) is 5.75 Å². The van der Waals surface area contributed by atoms with Gasteiger partial charge in [0.2, 0.25) is 11.8 Å². The van der Waals surface area contributed by atoms with Crippen molar-refractivity contribution in [1.29, 1.82) is 0 Å². The number of hydrogen-bond acceptors (Lipinski definition) is 5. The first-order chi connectivity index (χ1) is 15.4. The van der Waals surface area contributed by atoms with Crippen molar-refractivity contribution in [1.82, 2.24) is 5.32 Å². The Morgan fingerprint density at radius 2 is 1.94 bits per heavy atom. The maximum absolute atomic E-state index is 13.1. The Bertz CT molecular complexity index is 1130. The summed E-state index contributed by atoms with van der Waals surface area (Å²) in [5.41, 5.74) is 4.42. The number of halogens is 1. The molecule has 2 aliphatic heterocycles. The molecule has 0 aliphatic carbocycles. The third-order valence-electron chi connectivity index (χ3n) is 5.81. The van der Waals surface area contributed by atoms with Crippen LogP contribution in [0.25, 0.3) is 5.57 Å². The van der Waals surface area contributed by atoms with E-state index < -0.39 is 5.97 Å². The molecule has 2 aromatic rings. The van der Waals surface area contributed by atoms with Crippen molar-refractivity contribution in [2.45, 2.75) is 25.3 Å². The molecular formula is C24H23BrN2O5. The number of fused-ring (bicyclic) bond motifs is 2. The molecule has 0 radical (unpaired) electrons. The number of amides is 2. The lowest BCUT2D eigenvalue weighted by Gasteiger charge is -2.39. The number of nitrogens with zero attached hydrogens (tertiary/aromatic N) is 1. The van der Waals surface area contributed by atoms with Crippen LogP contribution in [0.4, 0.5) is 5.69 Å². The van der Waals surface area contributed by atoms with E-state index in [-0.39, 0.29) is 37.1 Å². The molecule has 166 valence electrons. The summed E-state index contributed by atoms with van der Waals surface area (Å²) in [5.74, 6) is 0.0371. The molecular weight excluding hydrogens is 476 g/mol. The SMILES string of the molecule is COC(=O)CCC(=O)N1CC2=C(CC(=O)NC2c2ccc(OC)c(Br)c2)c2ccccc21. The van der Waals surface area contributed by atoms with E-state index in [1.807, 2.05) is 42.5 Å². The molecule has 2 amide bonds. The lowest BCUT2D eigenvalue weighted by molar-refractivity contribution is -0.141. The van der Waals surface area contributed by atoms with Gasteiger partial charge in [0.1, 0.15) is 5.75 Å². The van der Waals surface area contributed by atoms with Crippen LogP contribution in [0.3, 0.4) is 0 Å². The first kappa shape index (κ1) is 22.1. The number of methoxy groups -OCH3 is 2. The summed E-state index contributed by atoms with van der Waals surface area (Å²) < 4.78 is 10.8. The lowest BCUT2D eigenvalue weighted by atomic mass is 9.82. The number of ether oxygens (including phenoxy) is 2. The molecule has 4 rings (SSSR count). The fourth-order valence-electron chi connectivity index (χ4n) is 4.24. The number of nitrogens with one attached hydrogen (secondary N) is 1. The Morgan fingerprint density at radius 3 is 2.66 bits per heavy atom. The summed E-state index contributed by atoms with van der Waals surface area (Å²) in [7, 11) is 2.90.